The fraction of sp³-hybridized carbons (Fsp3) is 0.273. The van der Waals surface area contributed by atoms with Gasteiger partial charge < -0.3 is 15.0 Å². The molecule has 2 aliphatic heterocycles. The molecular weight excluding hydrogens is 416 g/mol. The van der Waals surface area contributed by atoms with Crippen molar-refractivity contribution >= 4 is 21.6 Å². The molecule has 3 aromatic rings. The highest BCUT2D eigenvalue weighted by Gasteiger charge is 2.33. The Balaban J connectivity index is 1.37. The van der Waals surface area contributed by atoms with Crippen LogP contribution in [0.25, 0.3) is 11.3 Å². The van der Waals surface area contributed by atoms with Gasteiger partial charge in [-0.1, -0.05) is 30.3 Å². The second-order valence-electron chi connectivity index (χ2n) is 7.75. The number of piperidine rings is 1. The molecule has 1 aromatic heterocycles. The molecule has 2 aromatic carbocycles. The Kier molecular flexibility index (Phi) is 4.99. The summed E-state index contributed by atoms with van der Waals surface area (Å²) in [7, 11) is -3.71. The van der Waals surface area contributed by atoms with E-state index in [-0.39, 0.29) is 23.3 Å². The number of carbonyl (C=O) groups is 1. The number of aromatic nitrogens is 2. The molecule has 8 nitrogen and oxygen atoms in total. The van der Waals surface area contributed by atoms with Crippen LogP contribution in [-0.4, -0.2) is 48.3 Å². The van der Waals surface area contributed by atoms with Crippen molar-refractivity contribution in [2.75, 3.05) is 25.0 Å². The van der Waals surface area contributed by atoms with E-state index < -0.39 is 10.0 Å². The van der Waals surface area contributed by atoms with Crippen LogP contribution in [0.2, 0.25) is 0 Å². The minimum atomic E-state index is -3.71. The first kappa shape index (κ1) is 19.8. The molecule has 0 radical (unpaired) electrons. The van der Waals surface area contributed by atoms with Crippen molar-refractivity contribution < 1.29 is 17.9 Å². The van der Waals surface area contributed by atoms with Gasteiger partial charge in [0.15, 0.2) is 6.61 Å². The summed E-state index contributed by atoms with van der Waals surface area (Å²) in [6.07, 6.45) is 3.40. The zero-order valence-corrected chi connectivity index (χ0v) is 17.6. The Bertz CT molecular complexity index is 1220. The number of nitrogens with zero attached hydrogens (tertiary/aromatic N) is 2. The molecule has 0 aliphatic carbocycles. The average Bonchev–Trinajstić information content (AvgIpc) is 3.30. The summed E-state index contributed by atoms with van der Waals surface area (Å²) in [6.45, 7) is 0.732. The van der Waals surface area contributed by atoms with E-state index in [1.165, 1.54) is 16.4 Å². The van der Waals surface area contributed by atoms with Gasteiger partial charge in [0.05, 0.1) is 22.5 Å². The second-order valence-corrected chi connectivity index (χ2v) is 9.68. The highest BCUT2D eigenvalue weighted by atomic mass is 32.2. The van der Waals surface area contributed by atoms with E-state index in [1.807, 2.05) is 30.3 Å². The van der Waals surface area contributed by atoms with Gasteiger partial charge >= 0.3 is 0 Å². The molecule has 160 valence electrons. The number of amides is 1. The molecule has 5 rings (SSSR count). The molecule has 31 heavy (non-hydrogen) atoms. The fourth-order valence-corrected chi connectivity index (χ4v) is 5.61. The van der Waals surface area contributed by atoms with Crippen LogP contribution < -0.4 is 10.1 Å². The number of sulfonamides is 1. The topological polar surface area (TPSA) is 104 Å². The molecular formula is C22H22N4O4S. The lowest BCUT2D eigenvalue weighted by Crippen LogP contribution is -2.39. The van der Waals surface area contributed by atoms with Gasteiger partial charge in [-0.15, -0.1) is 0 Å². The van der Waals surface area contributed by atoms with Crippen LogP contribution >= 0.6 is 0 Å². The van der Waals surface area contributed by atoms with Crippen molar-refractivity contribution in [3.8, 4) is 17.0 Å². The largest absolute Gasteiger partial charge is 0.482 e. The van der Waals surface area contributed by atoms with Crippen molar-refractivity contribution in [2.45, 2.75) is 23.7 Å². The van der Waals surface area contributed by atoms with Crippen LogP contribution in [0, 0.1) is 0 Å². The minimum Gasteiger partial charge on any atom is -0.482 e. The van der Waals surface area contributed by atoms with Crippen LogP contribution in [0.3, 0.4) is 0 Å². The number of imidazole rings is 1. The van der Waals surface area contributed by atoms with Crippen molar-refractivity contribution in [1.29, 1.82) is 0 Å². The van der Waals surface area contributed by atoms with Gasteiger partial charge in [-0.25, -0.2) is 13.4 Å². The maximum atomic E-state index is 13.3. The number of hydrogen-bond donors (Lipinski definition) is 2. The number of benzene rings is 2. The van der Waals surface area contributed by atoms with Crippen molar-refractivity contribution in [1.82, 2.24) is 14.3 Å². The first-order chi connectivity index (χ1) is 15.0. The van der Waals surface area contributed by atoms with Crippen LogP contribution in [0.4, 0.5) is 5.69 Å². The summed E-state index contributed by atoms with van der Waals surface area (Å²) in [5.41, 5.74) is 2.34. The predicted molar refractivity (Wildman–Crippen MR) is 115 cm³/mol. The number of H-pyrrole nitrogens is 1. The summed E-state index contributed by atoms with van der Waals surface area (Å²) in [4.78, 5) is 19.6. The minimum absolute atomic E-state index is 0.0124. The predicted octanol–water partition coefficient (Wildman–Crippen LogP) is 2.98. The van der Waals surface area contributed by atoms with Gasteiger partial charge in [-0.3, -0.25) is 4.79 Å². The Morgan fingerprint density at radius 1 is 1.13 bits per heavy atom. The number of rotatable bonds is 4. The van der Waals surface area contributed by atoms with Gasteiger partial charge in [-0.2, -0.15) is 4.31 Å². The summed E-state index contributed by atoms with van der Waals surface area (Å²) >= 11 is 0. The standard InChI is InChI=1S/C22H22N4O4S/c27-21-14-30-20-9-8-17(11-18(20)24-21)31(28,29)26-10-4-7-16(13-26)22-23-12-19(25-22)15-5-2-1-3-6-15/h1-3,5-6,8-9,11-12,16H,4,7,10,13-14H2,(H,23,25)(H,24,27)/t16-/m1/s1. The van der Waals surface area contributed by atoms with Crippen molar-refractivity contribution in [3.05, 3.63) is 60.6 Å². The van der Waals surface area contributed by atoms with Crippen LogP contribution in [0.1, 0.15) is 24.6 Å². The monoisotopic (exact) mass is 438 g/mol. The van der Waals surface area contributed by atoms with E-state index in [0.29, 0.717) is 24.5 Å². The Hall–Kier alpha value is -3.17. The molecule has 0 saturated carbocycles. The van der Waals surface area contributed by atoms with E-state index in [2.05, 4.69) is 15.3 Å². The van der Waals surface area contributed by atoms with E-state index in [1.54, 1.807) is 12.3 Å². The number of carbonyl (C=O) groups excluding carboxylic acids is 1. The van der Waals surface area contributed by atoms with Crippen LogP contribution in [-0.2, 0) is 14.8 Å². The molecule has 1 saturated heterocycles. The Labute approximate surface area is 180 Å². The first-order valence-corrected chi connectivity index (χ1v) is 11.6. The van der Waals surface area contributed by atoms with E-state index in [0.717, 1.165) is 29.9 Å². The van der Waals surface area contributed by atoms with Gasteiger partial charge in [-0.05, 0) is 36.6 Å². The highest BCUT2D eigenvalue weighted by Crippen LogP contribution is 2.34. The zero-order valence-electron chi connectivity index (χ0n) is 16.7. The third-order valence-corrected chi connectivity index (χ3v) is 7.53. The van der Waals surface area contributed by atoms with Crippen LogP contribution in [0.5, 0.6) is 5.75 Å². The lowest BCUT2D eigenvalue weighted by Gasteiger charge is -2.31. The lowest BCUT2D eigenvalue weighted by atomic mass is 9.99. The molecule has 2 aliphatic rings. The van der Waals surface area contributed by atoms with Crippen molar-refractivity contribution in [2.24, 2.45) is 0 Å². The normalized spacial score (nSPS) is 19.4. The number of fused-ring (bicyclic) bond motifs is 1. The maximum Gasteiger partial charge on any atom is 0.262 e. The third kappa shape index (κ3) is 3.82. The average molecular weight is 439 g/mol. The number of anilines is 1. The number of aromatic amines is 1. The Morgan fingerprint density at radius 2 is 1.97 bits per heavy atom. The SMILES string of the molecule is O=C1COc2ccc(S(=O)(=O)N3CCC[C@@H](c4ncc(-c5ccccc5)[nH]4)C3)cc2N1. The van der Waals surface area contributed by atoms with E-state index in [9.17, 15) is 13.2 Å². The number of hydrogen-bond acceptors (Lipinski definition) is 5. The molecule has 3 heterocycles. The first-order valence-electron chi connectivity index (χ1n) is 10.2. The maximum absolute atomic E-state index is 13.3. The molecule has 1 atom stereocenters. The number of ether oxygens (including phenoxy) is 1. The summed E-state index contributed by atoms with van der Waals surface area (Å²) < 4.78 is 33.4. The van der Waals surface area contributed by atoms with E-state index in [4.69, 9.17) is 4.74 Å². The third-order valence-electron chi connectivity index (χ3n) is 5.67. The Morgan fingerprint density at radius 3 is 2.81 bits per heavy atom. The van der Waals surface area contributed by atoms with Gasteiger partial charge in [0.1, 0.15) is 11.6 Å². The van der Waals surface area contributed by atoms with E-state index >= 15 is 0 Å². The molecule has 0 bridgehead atoms. The lowest BCUT2D eigenvalue weighted by molar-refractivity contribution is -0.118. The summed E-state index contributed by atoms with van der Waals surface area (Å²) in [5.74, 6) is 0.956. The van der Waals surface area contributed by atoms with Crippen molar-refractivity contribution in [3.63, 3.8) is 0 Å². The summed E-state index contributed by atoms with van der Waals surface area (Å²) in [5, 5.41) is 2.67. The smallest absolute Gasteiger partial charge is 0.262 e. The number of nitrogens with one attached hydrogen (secondary N) is 2. The highest BCUT2D eigenvalue weighted by molar-refractivity contribution is 7.89. The summed E-state index contributed by atoms with van der Waals surface area (Å²) in [6, 6.07) is 14.5. The molecule has 2 N–H and O–H groups in total. The van der Waals surface area contributed by atoms with Gasteiger partial charge in [0.2, 0.25) is 10.0 Å². The van der Waals surface area contributed by atoms with Gasteiger partial charge in [0, 0.05) is 19.0 Å². The zero-order chi connectivity index (χ0) is 21.4. The quantitative estimate of drug-likeness (QED) is 0.652. The fourth-order valence-electron chi connectivity index (χ4n) is 4.06. The molecule has 1 fully saturated rings. The molecule has 0 unspecified atom stereocenters. The van der Waals surface area contributed by atoms with Crippen LogP contribution in [0.15, 0.2) is 59.6 Å². The molecule has 9 heteroatoms. The van der Waals surface area contributed by atoms with Gasteiger partial charge in [0.25, 0.3) is 5.91 Å². The molecule has 0 spiro atoms. The molecule has 1 amide bonds. The second kappa shape index (κ2) is 7.82.